The number of halogens is 1. The molecule has 2 N–H and O–H groups in total. The van der Waals surface area contributed by atoms with Gasteiger partial charge in [-0.3, -0.25) is 0 Å². The Kier molecular flexibility index (Phi) is 4.68. The van der Waals surface area contributed by atoms with E-state index in [4.69, 9.17) is 17.3 Å². The molecule has 0 saturated heterocycles. The zero-order valence-electron chi connectivity index (χ0n) is 9.63. The summed E-state index contributed by atoms with van der Waals surface area (Å²) < 4.78 is 0. The van der Waals surface area contributed by atoms with Crippen molar-refractivity contribution in [2.45, 2.75) is 15.8 Å². The molecule has 2 aromatic rings. The molecule has 0 spiro atoms. The van der Waals surface area contributed by atoms with Crippen molar-refractivity contribution >= 4 is 41.1 Å². The number of nitrogens with zero attached hydrogens (tertiary/aromatic N) is 3. The van der Waals surface area contributed by atoms with Crippen molar-refractivity contribution in [2.75, 3.05) is 12.0 Å². The van der Waals surface area contributed by atoms with Crippen LogP contribution in [0.4, 0.5) is 5.95 Å². The summed E-state index contributed by atoms with van der Waals surface area (Å²) in [6.07, 6.45) is 1.91. The molecule has 0 bridgehead atoms. The fourth-order valence-electron chi connectivity index (χ4n) is 1.25. The first kappa shape index (κ1) is 13.5. The van der Waals surface area contributed by atoms with Crippen molar-refractivity contribution in [3.8, 4) is 0 Å². The molecular weight excluding hydrogens is 288 g/mol. The zero-order valence-corrected chi connectivity index (χ0v) is 12.0. The molecule has 1 aromatic heterocycles. The van der Waals surface area contributed by atoms with E-state index in [1.807, 2.05) is 30.5 Å². The maximum absolute atomic E-state index is 5.83. The smallest absolute Gasteiger partial charge is 0.224 e. The lowest BCUT2D eigenvalue weighted by molar-refractivity contribution is 0.864. The van der Waals surface area contributed by atoms with Crippen molar-refractivity contribution in [3.05, 3.63) is 35.1 Å². The number of benzene rings is 1. The van der Waals surface area contributed by atoms with Gasteiger partial charge in [-0.1, -0.05) is 23.4 Å². The third kappa shape index (κ3) is 3.76. The summed E-state index contributed by atoms with van der Waals surface area (Å²) in [5.74, 6) is 1.61. The number of thioether (sulfide) groups is 2. The van der Waals surface area contributed by atoms with Crippen molar-refractivity contribution < 1.29 is 0 Å². The van der Waals surface area contributed by atoms with Crippen LogP contribution in [-0.2, 0) is 5.75 Å². The molecule has 18 heavy (non-hydrogen) atoms. The van der Waals surface area contributed by atoms with E-state index < -0.39 is 0 Å². The Labute approximate surface area is 119 Å². The first-order valence-corrected chi connectivity index (χ1v) is 7.69. The standard InChI is InChI=1S/C11H11ClN4S2/c1-17-11-15-9(14-10(13)16-11)6-18-8-4-2-7(12)3-5-8/h2-5H,6H2,1H3,(H2,13,14,15,16). The molecular formula is C11H11ClN4S2. The van der Waals surface area contributed by atoms with E-state index in [9.17, 15) is 0 Å². The zero-order chi connectivity index (χ0) is 13.0. The molecule has 0 unspecified atom stereocenters. The Morgan fingerprint density at radius 3 is 2.56 bits per heavy atom. The first-order chi connectivity index (χ1) is 8.67. The topological polar surface area (TPSA) is 64.7 Å². The summed E-state index contributed by atoms with van der Waals surface area (Å²) in [5, 5.41) is 1.38. The summed E-state index contributed by atoms with van der Waals surface area (Å²) in [7, 11) is 0. The summed E-state index contributed by atoms with van der Waals surface area (Å²) >= 11 is 8.91. The fourth-order valence-corrected chi connectivity index (χ4v) is 2.51. The van der Waals surface area contributed by atoms with E-state index in [2.05, 4.69) is 15.0 Å². The predicted molar refractivity (Wildman–Crippen MR) is 77.0 cm³/mol. The lowest BCUT2D eigenvalue weighted by Gasteiger charge is -2.03. The van der Waals surface area contributed by atoms with Crippen LogP contribution in [0.2, 0.25) is 5.02 Å². The Morgan fingerprint density at radius 2 is 1.89 bits per heavy atom. The number of anilines is 1. The predicted octanol–water partition coefficient (Wildman–Crippen LogP) is 3.12. The summed E-state index contributed by atoms with van der Waals surface area (Å²) in [4.78, 5) is 13.5. The largest absolute Gasteiger partial charge is 0.368 e. The van der Waals surface area contributed by atoms with E-state index >= 15 is 0 Å². The number of hydrogen-bond acceptors (Lipinski definition) is 6. The van der Waals surface area contributed by atoms with Crippen molar-refractivity contribution in [1.29, 1.82) is 0 Å². The molecule has 0 fully saturated rings. The molecule has 1 aromatic carbocycles. The van der Waals surface area contributed by atoms with Crippen molar-refractivity contribution in [3.63, 3.8) is 0 Å². The molecule has 0 aliphatic rings. The molecule has 0 radical (unpaired) electrons. The second kappa shape index (κ2) is 6.26. The minimum Gasteiger partial charge on any atom is -0.368 e. The van der Waals surface area contributed by atoms with Gasteiger partial charge in [0.1, 0.15) is 5.82 Å². The Bertz CT molecular complexity index is 533. The van der Waals surface area contributed by atoms with E-state index in [1.165, 1.54) is 11.8 Å². The van der Waals surface area contributed by atoms with E-state index in [0.717, 1.165) is 9.92 Å². The molecule has 4 nitrogen and oxygen atoms in total. The highest BCUT2D eigenvalue weighted by molar-refractivity contribution is 7.98. The SMILES string of the molecule is CSc1nc(N)nc(CSc2ccc(Cl)cc2)n1. The van der Waals surface area contributed by atoms with E-state index in [-0.39, 0.29) is 5.95 Å². The van der Waals surface area contributed by atoms with Gasteiger partial charge in [-0.25, -0.2) is 4.98 Å². The highest BCUT2D eigenvalue weighted by Gasteiger charge is 2.04. The highest BCUT2D eigenvalue weighted by Crippen LogP contribution is 2.23. The van der Waals surface area contributed by atoms with Crippen LogP contribution in [0.1, 0.15) is 5.82 Å². The minimum absolute atomic E-state index is 0.265. The van der Waals surface area contributed by atoms with Crippen LogP contribution < -0.4 is 5.73 Å². The third-order valence-corrected chi connectivity index (χ3v) is 3.85. The second-order valence-corrected chi connectivity index (χ2v) is 5.60. The first-order valence-electron chi connectivity index (χ1n) is 5.10. The summed E-state index contributed by atoms with van der Waals surface area (Å²) in [6.45, 7) is 0. The molecule has 0 saturated carbocycles. The van der Waals surface area contributed by atoms with Gasteiger partial charge >= 0.3 is 0 Å². The average molecular weight is 299 g/mol. The maximum Gasteiger partial charge on any atom is 0.224 e. The minimum atomic E-state index is 0.265. The number of rotatable bonds is 4. The van der Waals surface area contributed by atoms with Gasteiger partial charge in [0, 0.05) is 9.92 Å². The number of nitrogens with two attached hydrogens (primary N) is 1. The van der Waals surface area contributed by atoms with Gasteiger partial charge in [-0.15, -0.1) is 11.8 Å². The molecule has 94 valence electrons. The van der Waals surface area contributed by atoms with Crippen LogP contribution in [0.3, 0.4) is 0 Å². The van der Waals surface area contributed by atoms with E-state index in [0.29, 0.717) is 16.7 Å². The monoisotopic (exact) mass is 298 g/mol. The number of hydrogen-bond donors (Lipinski definition) is 1. The molecule has 7 heteroatoms. The van der Waals surface area contributed by atoms with E-state index in [1.54, 1.807) is 11.8 Å². The van der Waals surface area contributed by atoms with Crippen LogP contribution in [0.25, 0.3) is 0 Å². The molecule has 0 aliphatic heterocycles. The molecule has 0 amide bonds. The van der Waals surface area contributed by atoms with Gasteiger partial charge in [-0.05, 0) is 30.5 Å². The summed E-state index contributed by atoms with van der Waals surface area (Å²) in [6, 6.07) is 7.65. The Hall–Kier alpha value is -0.980. The number of nitrogen functional groups attached to an aromatic ring is 1. The lowest BCUT2D eigenvalue weighted by Crippen LogP contribution is -2.03. The lowest BCUT2D eigenvalue weighted by atomic mass is 10.4. The number of aromatic nitrogens is 3. The molecule has 0 atom stereocenters. The van der Waals surface area contributed by atoms with Gasteiger partial charge in [0.2, 0.25) is 5.95 Å². The Morgan fingerprint density at radius 1 is 1.17 bits per heavy atom. The normalized spacial score (nSPS) is 10.6. The van der Waals surface area contributed by atoms with Gasteiger partial charge in [0.25, 0.3) is 0 Å². The second-order valence-electron chi connectivity index (χ2n) is 3.34. The van der Waals surface area contributed by atoms with Crippen LogP contribution in [-0.4, -0.2) is 21.2 Å². The van der Waals surface area contributed by atoms with Crippen molar-refractivity contribution in [2.24, 2.45) is 0 Å². The fraction of sp³-hybridized carbons (Fsp3) is 0.182. The van der Waals surface area contributed by atoms with Gasteiger partial charge < -0.3 is 5.73 Å². The van der Waals surface area contributed by atoms with Crippen LogP contribution in [0, 0.1) is 0 Å². The highest BCUT2D eigenvalue weighted by atomic mass is 35.5. The summed E-state index contributed by atoms with van der Waals surface area (Å²) in [5.41, 5.74) is 5.62. The van der Waals surface area contributed by atoms with Crippen LogP contribution in [0.15, 0.2) is 34.3 Å². The van der Waals surface area contributed by atoms with Crippen LogP contribution in [0.5, 0.6) is 0 Å². The third-order valence-electron chi connectivity index (χ3n) is 2.04. The molecule has 2 rings (SSSR count). The molecule has 0 aliphatic carbocycles. The quantitative estimate of drug-likeness (QED) is 0.875. The van der Waals surface area contributed by atoms with Crippen molar-refractivity contribution in [1.82, 2.24) is 15.0 Å². The van der Waals surface area contributed by atoms with Crippen LogP contribution >= 0.6 is 35.1 Å². The molecule has 1 heterocycles. The average Bonchev–Trinajstić information content (AvgIpc) is 2.37. The van der Waals surface area contributed by atoms with Gasteiger partial charge in [-0.2, -0.15) is 9.97 Å². The van der Waals surface area contributed by atoms with Gasteiger partial charge in [0.05, 0.1) is 5.75 Å². The Balaban J connectivity index is 2.05. The van der Waals surface area contributed by atoms with Gasteiger partial charge in [0.15, 0.2) is 5.16 Å². The maximum atomic E-state index is 5.83.